The predicted octanol–water partition coefficient (Wildman–Crippen LogP) is 5.24. The Morgan fingerprint density at radius 1 is 1.33 bits per heavy atom. The highest BCUT2D eigenvalue weighted by atomic mass is 32.1. The maximum absolute atomic E-state index is 12.7. The average molecular weight is 384 g/mol. The Labute approximate surface area is 163 Å². The molecule has 0 spiro atoms. The van der Waals surface area contributed by atoms with E-state index < -0.39 is 0 Å². The topological polar surface area (TPSA) is 68.0 Å². The van der Waals surface area contributed by atoms with Crippen molar-refractivity contribution in [2.45, 2.75) is 71.1 Å². The van der Waals surface area contributed by atoms with Gasteiger partial charge in [-0.1, -0.05) is 25.1 Å². The summed E-state index contributed by atoms with van der Waals surface area (Å²) < 4.78 is 5.67. The number of fused-ring (bicyclic) bond motifs is 1. The van der Waals surface area contributed by atoms with E-state index in [0.29, 0.717) is 11.8 Å². The van der Waals surface area contributed by atoms with Gasteiger partial charge in [-0.3, -0.25) is 4.79 Å². The molecule has 6 heteroatoms. The standard InChI is InChI=1S/C21H25N3O2S/c1-21(2)10-9-15-14(11-21)16(19-22-17(24-26-19)12-7-8-12)20(27-15)23-18(25)13-5-3-4-6-13/h5,12H,3-4,6-11H2,1-2H3,(H,23,25). The molecule has 3 aliphatic rings. The zero-order chi connectivity index (χ0) is 18.6. The molecule has 5 nitrogen and oxygen atoms in total. The van der Waals surface area contributed by atoms with Gasteiger partial charge in [0.1, 0.15) is 5.00 Å². The van der Waals surface area contributed by atoms with E-state index in [2.05, 4.69) is 30.4 Å². The first-order valence-electron chi connectivity index (χ1n) is 9.99. The quantitative estimate of drug-likeness (QED) is 0.784. The molecule has 2 aromatic rings. The van der Waals surface area contributed by atoms with E-state index >= 15 is 0 Å². The number of carbonyl (C=O) groups is 1. The van der Waals surface area contributed by atoms with Crippen molar-refractivity contribution in [2.24, 2.45) is 5.41 Å². The zero-order valence-corrected chi connectivity index (χ0v) is 16.7. The Morgan fingerprint density at radius 2 is 2.19 bits per heavy atom. The summed E-state index contributed by atoms with van der Waals surface area (Å²) in [6.45, 7) is 4.62. The van der Waals surface area contributed by atoms with Gasteiger partial charge >= 0.3 is 0 Å². The lowest BCUT2D eigenvalue weighted by Gasteiger charge is -2.29. The van der Waals surface area contributed by atoms with Gasteiger partial charge in [0.15, 0.2) is 5.82 Å². The van der Waals surface area contributed by atoms with Crippen LogP contribution in [0.3, 0.4) is 0 Å². The number of hydrogen-bond donors (Lipinski definition) is 1. The maximum Gasteiger partial charge on any atom is 0.261 e. The monoisotopic (exact) mass is 383 g/mol. The number of anilines is 1. The summed E-state index contributed by atoms with van der Waals surface area (Å²) in [5.41, 5.74) is 3.40. The number of nitrogens with one attached hydrogen (secondary N) is 1. The van der Waals surface area contributed by atoms with Gasteiger partial charge < -0.3 is 9.84 Å². The number of aryl methyl sites for hydroxylation is 1. The Kier molecular flexibility index (Phi) is 4.00. The first kappa shape index (κ1) is 17.2. The van der Waals surface area contributed by atoms with Crippen LogP contribution in [0.1, 0.15) is 74.6 Å². The van der Waals surface area contributed by atoms with Crippen LogP contribution in [0.5, 0.6) is 0 Å². The number of hydrogen-bond acceptors (Lipinski definition) is 5. The van der Waals surface area contributed by atoms with Crippen LogP contribution in [-0.4, -0.2) is 16.0 Å². The molecule has 0 unspecified atom stereocenters. The third kappa shape index (κ3) is 3.24. The van der Waals surface area contributed by atoms with Crippen LogP contribution in [0, 0.1) is 5.41 Å². The van der Waals surface area contributed by atoms with E-state index in [1.54, 1.807) is 11.3 Å². The van der Waals surface area contributed by atoms with Crippen LogP contribution in [0.25, 0.3) is 11.5 Å². The molecule has 0 atom stereocenters. The summed E-state index contributed by atoms with van der Waals surface area (Å²) in [5.74, 6) is 1.86. The van der Waals surface area contributed by atoms with Crippen LogP contribution in [0.2, 0.25) is 0 Å². The summed E-state index contributed by atoms with van der Waals surface area (Å²) in [5, 5.41) is 8.26. The van der Waals surface area contributed by atoms with E-state index in [1.807, 2.05) is 0 Å². The van der Waals surface area contributed by atoms with Crippen molar-refractivity contribution in [3.63, 3.8) is 0 Å². The molecule has 0 radical (unpaired) electrons. The number of carbonyl (C=O) groups excluding carboxylic acids is 1. The largest absolute Gasteiger partial charge is 0.334 e. The summed E-state index contributed by atoms with van der Waals surface area (Å²) in [6.07, 6.45) is 10.5. The predicted molar refractivity (Wildman–Crippen MR) is 106 cm³/mol. The highest BCUT2D eigenvalue weighted by molar-refractivity contribution is 7.17. The van der Waals surface area contributed by atoms with Crippen LogP contribution >= 0.6 is 11.3 Å². The third-order valence-electron chi connectivity index (χ3n) is 5.93. The van der Waals surface area contributed by atoms with Crippen molar-refractivity contribution < 1.29 is 9.32 Å². The van der Waals surface area contributed by atoms with Gasteiger partial charge in [-0.15, -0.1) is 11.3 Å². The van der Waals surface area contributed by atoms with Gasteiger partial charge in [-0.2, -0.15) is 4.98 Å². The molecule has 0 aromatic carbocycles. The van der Waals surface area contributed by atoms with Crippen LogP contribution in [0.4, 0.5) is 5.00 Å². The normalized spacial score (nSPS) is 21.0. The van der Waals surface area contributed by atoms with Crippen molar-refractivity contribution >= 4 is 22.2 Å². The van der Waals surface area contributed by atoms with Gasteiger partial charge in [0.25, 0.3) is 11.8 Å². The molecule has 1 saturated carbocycles. The van der Waals surface area contributed by atoms with Crippen LogP contribution < -0.4 is 5.32 Å². The lowest BCUT2D eigenvalue weighted by atomic mass is 9.76. The fourth-order valence-corrected chi connectivity index (χ4v) is 5.34. The summed E-state index contributed by atoms with van der Waals surface area (Å²) in [4.78, 5) is 18.8. The van der Waals surface area contributed by atoms with E-state index in [1.165, 1.54) is 10.4 Å². The minimum absolute atomic E-state index is 0.0218. The number of allylic oxidation sites excluding steroid dienone is 1. The highest BCUT2D eigenvalue weighted by Crippen LogP contribution is 2.48. The van der Waals surface area contributed by atoms with Crippen molar-refractivity contribution in [3.05, 3.63) is 27.9 Å². The van der Waals surface area contributed by atoms with E-state index in [4.69, 9.17) is 9.51 Å². The molecule has 0 saturated heterocycles. The Bertz CT molecular complexity index is 933. The van der Waals surface area contributed by atoms with E-state index in [0.717, 1.165) is 73.3 Å². The number of aromatic nitrogens is 2. The van der Waals surface area contributed by atoms with Gasteiger partial charge in [-0.25, -0.2) is 0 Å². The first-order chi connectivity index (χ1) is 13.0. The Hall–Kier alpha value is -1.95. The molecular formula is C21H25N3O2S. The Morgan fingerprint density at radius 3 is 2.93 bits per heavy atom. The fourth-order valence-electron chi connectivity index (χ4n) is 4.14. The third-order valence-corrected chi connectivity index (χ3v) is 7.14. The minimum atomic E-state index is 0.0218. The van der Waals surface area contributed by atoms with Crippen molar-refractivity contribution in [1.82, 2.24) is 10.1 Å². The molecule has 3 aliphatic carbocycles. The second-order valence-electron chi connectivity index (χ2n) is 8.86. The van der Waals surface area contributed by atoms with Gasteiger partial charge in [0.05, 0.1) is 5.56 Å². The molecule has 2 aromatic heterocycles. The number of amides is 1. The van der Waals surface area contributed by atoms with E-state index in [-0.39, 0.29) is 11.3 Å². The summed E-state index contributed by atoms with van der Waals surface area (Å²) >= 11 is 1.69. The summed E-state index contributed by atoms with van der Waals surface area (Å²) in [7, 11) is 0. The maximum atomic E-state index is 12.7. The molecular weight excluding hydrogens is 358 g/mol. The lowest BCUT2D eigenvalue weighted by Crippen LogP contribution is -2.21. The molecule has 1 fully saturated rings. The number of thiophene rings is 1. The molecule has 1 N–H and O–H groups in total. The van der Waals surface area contributed by atoms with Gasteiger partial charge in [0, 0.05) is 16.4 Å². The lowest BCUT2D eigenvalue weighted by molar-refractivity contribution is -0.112. The van der Waals surface area contributed by atoms with Crippen molar-refractivity contribution in [2.75, 3.05) is 5.32 Å². The first-order valence-corrected chi connectivity index (χ1v) is 10.8. The second kappa shape index (κ2) is 6.30. The zero-order valence-electron chi connectivity index (χ0n) is 15.9. The van der Waals surface area contributed by atoms with Crippen LogP contribution in [-0.2, 0) is 17.6 Å². The second-order valence-corrected chi connectivity index (χ2v) is 9.96. The molecule has 0 bridgehead atoms. The van der Waals surface area contributed by atoms with Gasteiger partial charge in [-0.05, 0) is 62.3 Å². The molecule has 27 heavy (non-hydrogen) atoms. The van der Waals surface area contributed by atoms with Crippen LogP contribution in [0.15, 0.2) is 16.2 Å². The van der Waals surface area contributed by atoms with E-state index in [9.17, 15) is 4.79 Å². The van der Waals surface area contributed by atoms with Gasteiger partial charge in [0.2, 0.25) is 0 Å². The Balaban J connectivity index is 1.55. The number of nitrogens with zero attached hydrogens (tertiary/aromatic N) is 2. The molecule has 0 aliphatic heterocycles. The molecule has 5 rings (SSSR count). The fraction of sp³-hybridized carbons (Fsp3) is 0.571. The molecule has 1 amide bonds. The summed E-state index contributed by atoms with van der Waals surface area (Å²) in [6, 6.07) is 0. The average Bonchev–Trinajstić information content (AvgIpc) is 3.04. The molecule has 2 heterocycles. The van der Waals surface area contributed by atoms with Crippen molar-refractivity contribution in [1.29, 1.82) is 0 Å². The number of rotatable bonds is 4. The molecule has 142 valence electrons. The van der Waals surface area contributed by atoms with Crippen molar-refractivity contribution in [3.8, 4) is 11.5 Å². The highest BCUT2D eigenvalue weighted by Gasteiger charge is 2.35. The smallest absolute Gasteiger partial charge is 0.261 e. The minimum Gasteiger partial charge on any atom is -0.334 e. The SMILES string of the molecule is CC1(C)CCc2sc(NC(=O)C3=CCCC3)c(-c3nc(C4CC4)no3)c2C1.